The Morgan fingerprint density at radius 1 is 0.938 bits per heavy atom. The van der Waals surface area contributed by atoms with Crippen molar-refractivity contribution in [2.24, 2.45) is 0 Å². The molecule has 4 rings (SSSR count). The van der Waals surface area contributed by atoms with Crippen LogP contribution in [0.5, 0.6) is 17.2 Å². The van der Waals surface area contributed by atoms with Gasteiger partial charge in [0.25, 0.3) is 5.91 Å². The SMILES string of the molecule is O=C(CCCOc1ccc(F)cc1)Nc1ccccc1C(=O)Nc1ccc2c(c1)OCO2. The zero-order valence-electron chi connectivity index (χ0n) is 17.1. The summed E-state index contributed by atoms with van der Waals surface area (Å²) in [6, 6.07) is 17.6. The molecule has 0 saturated heterocycles. The van der Waals surface area contributed by atoms with Gasteiger partial charge in [0.1, 0.15) is 11.6 Å². The number of halogens is 1. The average Bonchev–Trinajstić information content (AvgIpc) is 3.26. The van der Waals surface area contributed by atoms with Crippen molar-refractivity contribution in [3.63, 3.8) is 0 Å². The zero-order valence-corrected chi connectivity index (χ0v) is 17.1. The predicted octanol–water partition coefficient (Wildman–Crippen LogP) is 4.60. The Bertz CT molecular complexity index is 1120. The van der Waals surface area contributed by atoms with E-state index in [-0.39, 0.29) is 30.8 Å². The van der Waals surface area contributed by atoms with E-state index in [0.29, 0.717) is 47.2 Å². The standard InChI is InChI=1S/C24H21FN2O5/c25-16-7-10-18(11-8-16)30-13-3-6-23(28)27-20-5-2-1-4-19(20)24(29)26-17-9-12-21-22(14-17)32-15-31-21/h1-2,4-5,7-12,14H,3,6,13,15H2,(H,26,29)(H,27,28). The average molecular weight is 436 g/mol. The molecular formula is C24H21FN2O5. The fraction of sp³-hybridized carbons (Fsp3) is 0.167. The Kier molecular flexibility index (Phi) is 6.50. The number of rotatable bonds is 8. The Labute approximate surface area is 184 Å². The molecule has 8 heteroatoms. The minimum atomic E-state index is -0.362. The van der Waals surface area contributed by atoms with Crippen molar-refractivity contribution in [2.45, 2.75) is 12.8 Å². The first kappa shape index (κ1) is 21.2. The quantitative estimate of drug-likeness (QED) is 0.504. The molecule has 3 aromatic carbocycles. The highest BCUT2D eigenvalue weighted by Gasteiger charge is 2.17. The van der Waals surface area contributed by atoms with Crippen molar-refractivity contribution >= 4 is 23.2 Å². The van der Waals surface area contributed by atoms with E-state index < -0.39 is 0 Å². The number of hydrogen-bond acceptors (Lipinski definition) is 5. The first-order valence-corrected chi connectivity index (χ1v) is 10.1. The molecule has 0 spiro atoms. The fourth-order valence-corrected chi connectivity index (χ4v) is 3.13. The van der Waals surface area contributed by atoms with Crippen LogP contribution < -0.4 is 24.8 Å². The van der Waals surface area contributed by atoms with Crippen LogP contribution in [0.4, 0.5) is 15.8 Å². The van der Waals surface area contributed by atoms with Gasteiger partial charge in [-0.05, 0) is 55.0 Å². The van der Waals surface area contributed by atoms with Crippen LogP contribution in [-0.2, 0) is 4.79 Å². The van der Waals surface area contributed by atoms with Gasteiger partial charge in [-0.2, -0.15) is 0 Å². The monoisotopic (exact) mass is 436 g/mol. The van der Waals surface area contributed by atoms with Gasteiger partial charge in [-0.1, -0.05) is 12.1 Å². The molecule has 2 N–H and O–H groups in total. The third kappa shape index (κ3) is 5.34. The van der Waals surface area contributed by atoms with Gasteiger partial charge in [0.2, 0.25) is 12.7 Å². The number of hydrogen-bond donors (Lipinski definition) is 2. The van der Waals surface area contributed by atoms with Gasteiger partial charge in [0.05, 0.1) is 17.9 Å². The van der Waals surface area contributed by atoms with Gasteiger partial charge in [0.15, 0.2) is 11.5 Å². The van der Waals surface area contributed by atoms with Crippen molar-refractivity contribution in [1.29, 1.82) is 0 Å². The topological polar surface area (TPSA) is 85.9 Å². The molecule has 0 radical (unpaired) electrons. The largest absolute Gasteiger partial charge is 0.494 e. The van der Waals surface area contributed by atoms with Gasteiger partial charge in [-0.15, -0.1) is 0 Å². The molecule has 1 heterocycles. The molecular weight excluding hydrogens is 415 g/mol. The van der Waals surface area contributed by atoms with Gasteiger partial charge in [-0.3, -0.25) is 9.59 Å². The highest BCUT2D eigenvalue weighted by atomic mass is 19.1. The maximum atomic E-state index is 12.9. The van der Waals surface area contributed by atoms with Crippen LogP contribution >= 0.6 is 0 Å². The van der Waals surface area contributed by atoms with Gasteiger partial charge in [0, 0.05) is 18.2 Å². The van der Waals surface area contributed by atoms with Crippen molar-refractivity contribution in [2.75, 3.05) is 24.0 Å². The molecule has 0 saturated carbocycles. The Balaban J connectivity index is 1.30. The number of benzene rings is 3. The molecule has 3 aromatic rings. The summed E-state index contributed by atoms with van der Waals surface area (Å²) >= 11 is 0. The van der Waals surface area contributed by atoms with Gasteiger partial charge >= 0.3 is 0 Å². The first-order chi connectivity index (χ1) is 15.6. The number of amides is 2. The van der Waals surface area contributed by atoms with E-state index in [0.717, 1.165) is 0 Å². The summed E-state index contributed by atoms with van der Waals surface area (Å²) in [5, 5.41) is 5.58. The zero-order chi connectivity index (χ0) is 22.3. The first-order valence-electron chi connectivity index (χ1n) is 10.1. The number of fused-ring (bicyclic) bond motifs is 1. The van der Waals surface area contributed by atoms with Crippen LogP contribution in [0, 0.1) is 5.82 Å². The molecule has 0 unspecified atom stereocenters. The molecule has 32 heavy (non-hydrogen) atoms. The summed E-state index contributed by atoms with van der Waals surface area (Å²) in [6.45, 7) is 0.460. The number of para-hydroxylation sites is 1. The lowest BCUT2D eigenvalue weighted by Crippen LogP contribution is -2.18. The van der Waals surface area contributed by atoms with E-state index >= 15 is 0 Å². The molecule has 1 aliphatic heterocycles. The van der Waals surface area contributed by atoms with Crippen molar-refractivity contribution in [1.82, 2.24) is 0 Å². The number of carbonyl (C=O) groups is 2. The normalized spacial score (nSPS) is 11.7. The summed E-state index contributed by atoms with van der Waals surface area (Å²) in [7, 11) is 0. The lowest BCUT2D eigenvalue weighted by molar-refractivity contribution is -0.116. The number of ether oxygens (including phenoxy) is 3. The number of nitrogens with one attached hydrogen (secondary N) is 2. The van der Waals surface area contributed by atoms with E-state index in [1.165, 1.54) is 24.3 Å². The van der Waals surface area contributed by atoms with Crippen LogP contribution in [0.2, 0.25) is 0 Å². The summed E-state index contributed by atoms with van der Waals surface area (Å²) in [4.78, 5) is 25.1. The highest BCUT2D eigenvalue weighted by Crippen LogP contribution is 2.34. The maximum absolute atomic E-state index is 12.9. The lowest BCUT2D eigenvalue weighted by atomic mass is 10.1. The van der Waals surface area contributed by atoms with Crippen LogP contribution in [-0.4, -0.2) is 25.2 Å². The third-order valence-electron chi connectivity index (χ3n) is 4.71. The van der Waals surface area contributed by atoms with Crippen molar-refractivity contribution in [3.8, 4) is 17.2 Å². The van der Waals surface area contributed by atoms with Gasteiger partial charge in [-0.25, -0.2) is 4.39 Å². The van der Waals surface area contributed by atoms with E-state index in [2.05, 4.69) is 10.6 Å². The minimum Gasteiger partial charge on any atom is -0.494 e. The van der Waals surface area contributed by atoms with Gasteiger partial charge < -0.3 is 24.8 Å². The third-order valence-corrected chi connectivity index (χ3v) is 4.71. The van der Waals surface area contributed by atoms with Crippen molar-refractivity contribution in [3.05, 3.63) is 78.1 Å². The molecule has 7 nitrogen and oxygen atoms in total. The van der Waals surface area contributed by atoms with E-state index in [9.17, 15) is 14.0 Å². The fourth-order valence-electron chi connectivity index (χ4n) is 3.13. The summed E-state index contributed by atoms with van der Waals surface area (Å²) < 4.78 is 29.0. The summed E-state index contributed by atoms with van der Waals surface area (Å²) in [5.41, 5.74) is 1.30. The second-order valence-electron chi connectivity index (χ2n) is 7.02. The summed E-state index contributed by atoms with van der Waals surface area (Å²) in [5.74, 6) is 0.789. The Morgan fingerprint density at radius 3 is 2.56 bits per heavy atom. The molecule has 2 amide bonds. The molecule has 0 fully saturated rings. The Hall–Kier alpha value is -4.07. The van der Waals surface area contributed by atoms with E-state index in [1.807, 2.05) is 0 Å². The van der Waals surface area contributed by atoms with E-state index in [1.54, 1.807) is 42.5 Å². The predicted molar refractivity (Wildman–Crippen MR) is 117 cm³/mol. The molecule has 1 aliphatic rings. The molecule has 0 bridgehead atoms. The van der Waals surface area contributed by atoms with E-state index in [4.69, 9.17) is 14.2 Å². The lowest BCUT2D eigenvalue weighted by Gasteiger charge is -2.12. The maximum Gasteiger partial charge on any atom is 0.257 e. The molecule has 0 aliphatic carbocycles. The number of anilines is 2. The number of carbonyl (C=O) groups excluding carboxylic acids is 2. The Morgan fingerprint density at radius 2 is 1.72 bits per heavy atom. The smallest absolute Gasteiger partial charge is 0.257 e. The van der Waals surface area contributed by atoms with Crippen LogP contribution in [0.15, 0.2) is 66.7 Å². The molecule has 0 atom stereocenters. The molecule has 0 aromatic heterocycles. The molecule has 164 valence electrons. The highest BCUT2D eigenvalue weighted by molar-refractivity contribution is 6.10. The van der Waals surface area contributed by atoms with Crippen molar-refractivity contribution < 1.29 is 28.2 Å². The van der Waals surface area contributed by atoms with Crippen LogP contribution in [0.3, 0.4) is 0 Å². The van der Waals surface area contributed by atoms with Crippen LogP contribution in [0.1, 0.15) is 23.2 Å². The summed E-state index contributed by atoms with van der Waals surface area (Å²) in [6.07, 6.45) is 0.675. The second-order valence-corrected chi connectivity index (χ2v) is 7.02. The second kappa shape index (κ2) is 9.82. The van der Waals surface area contributed by atoms with Crippen LogP contribution in [0.25, 0.3) is 0 Å². The minimum absolute atomic E-state index is 0.149.